The number of carbonyl (C=O) groups is 1. The van der Waals surface area contributed by atoms with Gasteiger partial charge in [-0.15, -0.1) is 0 Å². The lowest BCUT2D eigenvalue weighted by molar-refractivity contribution is -0.0697. The van der Waals surface area contributed by atoms with Crippen LogP contribution < -0.4 is 4.74 Å². The molecule has 0 N–H and O–H groups in total. The molecule has 1 spiro atoms. The molecule has 0 saturated carbocycles. The predicted molar refractivity (Wildman–Crippen MR) is 92.4 cm³/mol. The van der Waals surface area contributed by atoms with Crippen molar-refractivity contribution in [1.29, 1.82) is 0 Å². The van der Waals surface area contributed by atoms with Crippen molar-refractivity contribution in [2.45, 2.75) is 18.4 Å². The maximum absolute atomic E-state index is 13.7. The fourth-order valence-corrected chi connectivity index (χ4v) is 3.97. The number of halogens is 1. The summed E-state index contributed by atoms with van der Waals surface area (Å²) in [5.74, 6) is -0.0491. The van der Waals surface area contributed by atoms with E-state index in [0.29, 0.717) is 31.2 Å². The fourth-order valence-electron chi connectivity index (χ4n) is 3.97. The summed E-state index contributed by atoms with van der Waals surface area (Å²) in [5, 5.41) is 0. The van der Waals surface area contributed by atoms with Gasteiger partial charge in [0.05, 0.1) is 24.0 Å². The number of hydrogen-bond donors (Lipinski definition) is 0. The Balaban J connectivity index is 1.36. The molecule has 2 saturated heterocycles. The lowest BCUT2D eigenvalue weighted by atomic mass is 9.75. The maximum atomic E-state index is 13.7. The molecule has 138 valence electrons. The number of likely N-dealkylation sites (tertiary alicyclic amines) is 2. The second-order valence-corrected chi connectivity index (χ2v) is 7.28. The second-order valence-electron chi connectivity index (χ2n) is 7.28. The summed E-state index contributed by atoms with van der Waals surface area (Å²) in [4.78, 5) is 20.6. The highest BCUT2D eigenvalue weighted by Gasteiger charge is 2.51. The Labute approximate surface area is 151 Å². The van der Waals surface area contributed by atoms with Crippen LogP contribution in [0.25, 0.3) is 0 Å². The van der Waals surface area contributed by atoms with Gasteiger partial charge in [-0.3, -0.25) is 9.69 Å². The molecule has 7 heteroatoms. The van der Waals surface area contributed by atoms with E-state index in [1.54, 1.807) is 12.1 Å². The number of rotatable bonds is 4. The van der Waals surface area contributed by atoms with Gasteiger partial charge in [0.25, 0.3) is 5.91 Å². The van der Waals surface area contributed by atoms with Crippen LogP contribution in [-0.2, 0) is 0 Å². The van der Waals surface area contributed by atoms with E-state index in [1.165, 1.54) is 24.8 Å². The Morgan fingerprint density at radius 2 is 2.31 bits per heavy atom. The van der Waals surface area contributed by atoms with Crippen LogP contribution >= 0.6 is 0 Å². The maximum Gasteiger partial charge on any atom is 0.257 e. The molecule has 6 nitrogen and oxygen atoms in total. The number of furan rings is 1. The molecule has 26 heavy (non-hydrogen) atoms. The lowest BCUT2D eigenvalue weighted by Crippen LogP contribution is -2.72. The third-order valence-corrected chi connectivity index (χ3v) is 5.56. The number of ether oxygens (including phenoxy) is 1. The molecule has 2 aromatic heterocycles. The molecule has 4 heterocycles. The average molecular weight is 359 g/mol. The van der Waals surface area contributed by atoms with Gasteiger partial charge in [-0.1, -0.05) is 0 Å². The molecule has 4 rings (SSSR count). The monoisotopic (exact) mass is 359 g/mol. The van der Waals surface area contributed by atoms with E-state index in [-0.39, 0.29) is 17.3 Å². The molecule has 0 aromatic carbocycles. The summed E-state index contributed by atoms with van der Waals surface area (Å²) in [5.41, 5.74) is 0.567. The highest BCUT2D eigenvalue weighted by atomic mass is 19.1. The molecule has 1 amide bonds. The molecule has 2 aromatic rings. The first-order valence-electron chi connectivity index (χ1n) is 8.83. The van der Waals surface area contributed by atoms with E-state index >= 15 is 0 Å². The van der Waals surface area contributed by atoms with Crippen molar-refractivity contribution in [2.75, 3.05) is 33.3 Å². The van der Waals surface area contributed by atoms with Crippen molar-refractivity contribution >= 4 is 5.91 Å². The zero-order valence-corrected chi connectivity index (χ0v) is 14.7. The average Bonchev–Trinajstić information content (AvgIpc) is 3.14. The van der Waals surface area contributed by atoms with Crippen LogP contribution in [0.3, 0.4) is 0 Å². The SMILES string of the molecule is CN1CCC(COc2ncccc2F)CC12CN(C(=O)c1ccoc1)C2. The predicted octanol–water partition coefficient (Wildman–Crippen LogP) is 2.43. The summed E-state index contributed by atoms with van der Waals surface area (Å²) >= 11 is 0. The van der Waals surface area contributed by atoms with E-state index in [9.17, 15) is 9.18 Å². The van der Waals surface area contributed by atoms with Crippen molar-refractivity contribution in [3.63, 3.8) is 0 Å². The van der Waals surface area contributed by atoms with Gasteiger partial charge >= 0.3 is 0 Å². The van der Waals surface area contributed by atoms with Crippen LogP contribution in [0.4, 0.5) is 4.39 Å². The summed E-state index contributed by atoms with van der Waals surface area (Å²) in [6, 6.07) is 4.59. The first-order chi connectivity index (χ1) is 12.6. The molecule has 0 bridgehead atoms. The third kappa shape index (κ3) is 3.07. The van der Waals surface area contributed by atoms with Gasteiger partial charge < -0.3 is 14.1 Å². The van der Waals surface area contributed by atoms with Crippen LogP contribution in [-0.4, -0.2) is 59.5 Å². The van der Waals surface area contributed by atoms with Gasteiger partial charge in [0.1, 0.15) is 6.26 Å². The quantitative estimate of drug-likeness (QED) is 0.839. The smallest absolute Gasteiger partial charge is 0.257 e. The fraction of sp³-hybridized carbons (Fsp3) is 0.474. The molecule has 0 aliphatic carbocycles. The van der Waals surface area contributed by atoms with Crippen LogP contribution in [0, 0.1) is 11.7 Å². The Hall–Kier alpha value is -2.41. The largest absolute Gasteiger partial charge is 0.475 e. The van der Waals surface area contributed by atoms with E-state index < -0.39 is 5.82 Å². The summed E-state index contributed by atoms with van der Waals surface area (Å²) in [6.07, 6.45) is 6.44. The lowest BCUT2D eigenvalue weighted by Gasteiger charge is -2.58. The highest BCUT2D eigenvalue weighted by Crippen LogP contribution is 2.39. The van der Waals surface area contributed by atoms with Crippen LogP contribution in [0.5, 0.6) is 5.88 Å². The van der Waals surface area contributed by atoms with Gasteiger partial charge in [-0.05, 0) is 50.6 Å². The first kappa shape index (κ1) is 17.0. The minimum atomic E-state index is -0.435. The van der Waals surface area contributed by atoms with E-state index in [0.717, 1.165) is 19.4 Å². The van der Waals surface area contributed by atoms with E-state index in [1.807, 2.05) is 4.90 Å². The molecular formula is C19H22FN3O3. The van der Waals surface area contributed by atoms with Crippen molar-refractivity contribution in [2.24, 2.45) is 5.92 Å². The van der Waals surface area contributed by atoms with Crippen LogP contribution in [0.15, 0.2) is 41.3 Å². The molecule has 1 unspecified atom stereocenters. The number of nitrogens with zero attached hydrogens (tertiary/aromatic N) is 3. The highest BCUT2D eigenvalue weighted by molar-refractivity contribution is 5.94. The Kier molecular flexibility index (Phi) is 4.40. The van der Waals surface area contributed by atoms with Crippen LogP contribution in [0.2, 0.25) is 0 Å². The number of pyridine rings is 1. The summed E-state index contributed by atoms with van der Waals surface area (Å²) in [7, 11) is 2.11. The summed E-state index contributed by atoms with van der Waals surface area (Å²) < 4.78 is 24.3. The number of aromatic nitrogens is 1. The number of carbonyl (C=O) groups excluding carboxylic acids is 1. The number of hydrogen-bond acceptors (Lipinski definition) is 5. The standard InChI is InChI=1S/C19H22FN3O3/c1-22-7-4-14(10-26-17-16(20)3-2-6-21-17)9-19(22)12-23(13-19)18(24)15-5-8-25-11-15/h2-3,5-6,8,11,14H,4,7,9-10,12-13H2,1H3. The van der Waals surface area contributed by atoms with E-state index in [2.05, 4.69) is 16.9 Å². The molecule has 2 aliphatic rings. The molecule has 2 fully saturated rings. The van der Waals surface area contributed by atoms with Crippen molar-refractivity contribution < 1.29 is 18.3 Å². The van der Waals surface area contributed by atoms with Gasteiger partial charge in [0.2, 0.25) is 5.88 Å². The molecule has 2 aliphatic heterocycles. The van der Waals surface area contributed by atoms with Crippen molar-refractivity contribution in [1.82, 2.24) is 14.8 Å². The van der Waals surface area contributed by atoms with Gasteiger partial charge in [-0.2, -0.15) is 0 Å². The Bertz CT molecular complexity index is 774. The molecule has 0 radical (unpaired) electrons. The second kappa shape index (κ2) is 6.72. The number of likely N-dealkylation sites (N-methyl/N-ethyl adjacent to an activating group) is 1. The minimum absolute atomic E-state index is 0.00621. The van der Waals surface area contributed by atoms with Gasteiger partial charge in [0.15, 0.2) is 5.82 Å². The van der Waals surface area contributed by atoms with Crippen LogP contribution in [0.1, 0.15) is 23.2 Å². The topological polar surface area (TPSA) is 58.8 Å². The van der Waals surface area contributed by atoms with E-state index in [4.69, 9.17) is 9.15 Å². The third-order valence-electron chi connectivity index (χ3n) is 5.56. The van der Waals surface area contributed by atoms with Crippen molar-refractivity contribution in [3.8, 4) is 5.88 Å². The number of amides is 1. The molecule has 1 atom stereocenters. The molecular weight excluding hydrogens is 337 g/mol. The zero-order chi connectivity index (χ0) is 18.1. The Morgan fingerprint density at radius 1 is 1.46 bits per heavy atom. The van der Waals surface area contributed by atoms with Gasteiger partial charge in [-0.25, -0.2) is 9.37 Å². The normalized spacial score (nSPS) is 22.2. The van der Waals surface area contributed by atoms with Gasteiger partial charge in [0, 0.05) is 19.3 Å². The minimum Gasteiger partial charge on any atom is -0.475 e. The van der Waals surface area contributed by atoms with Crippen molar-refractivity contribution in [3.05, 3.63) is 48.3 Å². The number of piperidine rings is 1. The first-order valence-corrected chi connectivity index (χ1v) is 8.83. The summed E-state index contributed by atoms with van der Waals surface area (Å²) in [6.45, 7) is 2.77. The Morgan fingerprint density at radius 3 is 3.04 bits per heavy atom. The zero-order valence-electron chi connectivity index (χ0n) is 14.7.